The molecule has 3 aromatic rings. The first-order valence-corrected chi connectivity index (χ1v) is 9.99. The monoisotopic (exact) mass is 400 g/mol. The van der Waals surface area contributed by atoms with Crippen molar-refractivity contribution in [3.05, 3.63) is 70.2 Å². The summed E-state index contributed by atoms with van der Waals surface area (Å²) in [6, 6.07) is 15.4. The molecule has 1 amide bonds. The van der Waals surface area contributed by atoms with Gasteiger partial charge >= 0.3 is 0 Å². The van der Waals surface area contributed by atoms with Crippen LogP contribution in [0.25, 0.3) is 10.6 Å². The van der Waals surface area contributed by atoms with Gasteiger partial charge in [-0.15, -0.1) is 11.3 Å². The van der Waals surface area contributed by atoms with E-state index in [2.05, 4.69) is 41.5 Å². The van der Waals surface area contributed by atoms with Gasteiger partial charge in [0.15, 0.2) is 6.10 Å². The molecule has 6 heteroatoms. The lowest BCUT2D eigenvalue weighted by Crippen LogP contribution is -2.37. The van der Waals surface area contributed by atoms with E-state index in [9.17, 15) is 4.79 Å². The Morgan fingerprint density at radius 2 is 1.96 bits per heavy atom. The molecule has 3 rings (SSSR count). The fourth-order valence-electron chi connectivity index (χ4n) is 2.49. The lowest BCUT2D eigenvalue weighted by Gasteiger charge is -2.15. The summed E-state index contributed by atoms with van der Waals surface area (Å²) in [5.41, 5.74) is 3.31. The third-order valence-corrected chi connectivity index (χ3v) is 5.29. The van der Waals surface area contributed by atoms with Crippen LogP contribution in [0.3, 0.4) is 0 Å². The van der Waals surface area contributed by atoms with Crippen molar-refractivity contribution in [2.24, 2.45) is 0 Å². The topological polar surface area (TPSA) is 51.2 Å². The number of benzene rings is 2. The summed E-state index contributed by atoms with van der Waals surface area (Å²) in [7, 11) is 0. The van der Waals surface area contributed by atoms with E-state index in [1.807, 2.05) is 17.5 Å². The predicted molar refractivity (Wildman–Crippen MR) is 111 cm³/mol. The highest BCUT2D eigenvalue weighted by Crippen LogP contribution is 2.25. The van der Waals surface area contributed by atoms with Gasteiger partial charge < -0.3 is 10.1 Å². The van der Waals surface area contributed by atoms with E-state index in [0.717, 1.165) is 16.3 Å². The summed E-state index contributed by atoms with van der Waals surface area (Å²) >= 11 is 7.67. The lowest BCUT2D eigenvalue weighted by atomic mass is 10.2. The molecule has 1 N–H and O–H groups in total. The van der Waals surface area contributed by atoms with Gasteiger partial charge in [0.05, 0.1) is 10.7 Å². The van der Waals surface area contributed by atoms with E-state index >= 15 is 0 Å². The van der Waals surface area contributed by atoms with Crippen LogP contribution in [0, 0.1) is 6.92 Å². The number of thiazole rings is 1. The van der Waals surface area contributed by atoms with E-state index in [1.54, 1.807) is 30.4 Å². The van der Waals surface area contributed by atoms with Crippen LogP contribution < -0.4 is 10.1 Å². The average Bonchev–Trinajstić information content (AvgIpc) is 3.13. The number of aryl methyl sites for hydroxylation is 1. The molecule has 0 saturated carbocycles. The van der Waals surface area contributed by atoms with Crippen LogP contribution in [-0.2, 0) is 11.2 Å². The number of ether oxygens (including phenoxy) is 1. The number of nitrogens with one attached hydrogen (secondary N) is 1. The molecule has 0 spiro atoms. The molecule has 0 aliphatic heterocycles. The van der Waals surface area contributed by atoms with Crippen molar-refractivity contribution in [2.45, 2.75) is 26.4 Å². The molecule has 1 heterocycles. The molecular weight excluding hydrogens is 380 g/mol. The van der Waals surface area contributed by atoms with Crippen LogP contribution in [-0.4, -0.2) is 23.5 Å². The first kappa shape index (κ1) is 19.4. The summed E-state index contributed by atoms with van der Waals surface area (Å²) in [4.78, 5) is 16.9. The summed E-state index contributed by atoms with van der Waals surface area (Å²) < 4.78 is 5.62. The number of amides is 1. The zero-order valence-electron chi connectivity index (χ0n) is 15.2. The van der Waals surface area contributed by atoms with Crippen molar-refractivity contribution in [3.63, 3.8) is 0 Å². The normalized spacial score (nSPS) is 11.8. The van der Waals surface area contributed by atoms with E-state index < -0.39 is 6.10 Å². The first-order valence-electron chi connectivity index (χ1n) is 8.73. The third-order valence-electron chi connectivity index (χ3n) is 4.04. The van der Waals surface area contributed by atoms with Gasteiger partial charge in [-0.05, 0) is 26.0 Å². The van der Waals surface area contributed by atoms with E-state index in [0.29, 0.717) is 23.7 Å². The van der Waals surface area contributed by atoms with Gasteiger partial charge in [0, 0.05) is 23.9 Å². The van der Waals surface area contributed by atoms with Crippen LogP contribution in [0.5, 0.6) is 5.75 Å². The van der Waals surface area contributed by atoms with Gasteiger partial charge in [-0.1, -0.05) is 53.6 Å². The molecule has 4 nitrogen and oxygen atoms in total. The number of hydrogen-bond donors (Lipinski definition) is 1. The molecule has 27 heavy (non-hydrogen) atoms. The Balaban J connectivity index is 1.49. The smallest absolute Gasteiger partial charge is 0.260 e. The molecule has 0 saturated heterocycles. The Morgan fingerprint density at radius 1 is 1.22 bits per heavy atom. The Hall–Kier alpha value is -2.37. The number of carbonyl (C=O) groups excluding carboxylic acids is 1. The van der Waals surface area contributed by atoms with Crippen molar-refractivity contribution in [2.75, 3.05) is 6.54 Å². The maximum atomic E-state index is 12.2. The molecule has 0 unspecified atom stereocenters. The molecule has 0 aliphatic carbocycles. The van der Waals surface area contributed by atoms with Crippen molar-refractivity contribution in [3.8, 4) is 16.3 Å². The van der Waals surface area contributed by atoms with Crippen LogP contribution >= 0.6 is 22.9 Å². The van der Waals surface area contributed by atoms with Crippen molar-refractivity contribution in [1.82, 2.24) is 10.3 Å². The Bertz CT molecular complexity index is 909. The van der Waals surface area contributed by atoms with Gasteiger partial charge in [0.25, 0.3) is 5.91 Å². The Morgan fingerprint density at radius 3 is 2.70 bits per heavy atom. The minimum absolute atomic E-state index is 0.177. The zero-order valence-corrected chi connectivity index (χ0v) is 16.8. The molecule has 0 aliphatic rings. The summed E-state index contributed by atoms with van der Waals surface area (Å²) in [5.74, 6) is 0.327. The largest absolute Gasteiger partial charge is 0.479 e. The summed E-state index contributed by atoms with van der Waals surface area (Å²) in [6.07, 6.45) is 0.0517. The fourth-order valence-corrected chi connectivity index (χ4v) is 3.53. The second kappa shape index (κ2) is 9.02. The summed E-state index contributed by atoms with van der Waals surface area (Å²) in [5, 5.41) is 6.40. The number of halogens is 1. The van der Waals surface area contributed by atoms with Crippen molar-refractivity contribution in [1.29, 1.82) is 0 Å². The van der Waals surface area contributed by atoms with Gasteiger partial charge in [-0.3, -0.25) is 4.79 Å². The molecule has 0 bridgehead atoms. The molecule has 2 aromatic carbocycles. The van der Waals surface area contributed by atoms with Crippen LogP contribution in [0.2, 0.25) is 5.02 Å². The van der Waals surface area contributed by atoms with Crippen LogP contribution in [0.1, 0.15) is 18.2 Å². The van der Waals surface area contributed by atoms with Gasteiger partial charge in [0.2, 0.25) is 0 Å². The van der Waals surface area contributed by atoms with Crippen LogP contribution in [0.15, 0.2) is 53.9 Å². The fraction of sp³-hybridized carbons (Fsp3) is 0.238. The highest BCUT2D eigenvalue weighted by atomic mass is 35.5. The van der Waals surface area contributed by atoms with Gasteiger partial charge in [-0.2, -0.15) is 0 Å². The average molecular weight is 401 g/mol. The first-order chi connectivity index (χ1) is 13.0. The Labute approximate surface area is 168 Å². The summed E-state index contributed by atoms with van der Waals surface area (Å²) in [6.45, 7) is 4.28. The Kier molecular flexibility index (Phi) is 6.48. The van der Waals surface area contributed by atoms with E-state index in [1.165, 1.54) is 5.56 Å². The quantitative estimate of drug-likeness (QED) is 0.613. The van der Waals surface area contributed by atoms with Crippen molar-refractivity contribution < 1.29 is 9.53 Å². The molecule has 140 valence electrons. The maximum absolute atomic E-state index is 12.2. The van der Waals surface area contributed by atoms with Crippen molar-refractivity contribution >= 4 is 28.8 Å². The molecule has 1 atom stereocenters. The lowest BCUT2D eigenvalue weighted by molar-refractivity contribution is -0.127. The second-order valence-corrected chi connectivity index (χ2v) is 7.51. The number of carbonyl (C=O) groups is 1. The number of hydrogen-bond acceptors (Lipinski definition) is 4. The maximum Gasteiger partial charge on any atom is 0.260 e. The molecule has 0 fully saturated rings. The minimum atomic E-state index is -0.622. The van der Waals surface area contributed by atoms with Crippen LogP contribution in [0.4, 0.5) is 0 Å². The minimum Gasteiger partial charge on any atom is -0.479 e. The number of nitrogens with zero attached hydrogens (tertiary/aromatic N) is 1. The highest BCUT2D eigenvalue weighted by Gasteiger charge is 2.15. The number of rotatable bonds is 7. The molecule has 0 radical (unpaired) electrons. The SMILES string of the molecule is Cc1ccc(-c2nc(CCNC(=O)[C@H](C)Oc3ccccc3Cl)cs2)cc1. The van der Waals surface area contributed by atoms with Gasteiger partial charge in [-0.25, -0.2) is 4.98 Å². The molecule has 1 aromatic heterocycles. The number of para-hydroxylation sites is 1. The zero-order chi connectivity index (χ0) is 19.2. The second-order valence-electron chi connectivity index (χ2n) is 6.24. The standard InChI is InChI=1S/C21H21ClN2O2S/c1-14-7-9-16(10-8-14)21-24-17(13-27-21)11-12-23-20(25)15(2)26-19-6-4-3-5-18(19)22/h3-10,13,15H,11-12H2,1-2H3,(H,23,25)/t15-/m0/s1. The highest BCUT2D eigenvalue weighted by molar-refractivity contribution is 7.13. The van der Waals surface area contributed by atoms with Gasteiger partial charge in [0.1, 0.15) is 10.8 Å². The predicted octanol–water partition coefficient (Wildman–Crippen LogP) is 4.90. The third kappa shape index (κ3) is 5.31. The van der Waals surface area contributed by atoms with E-state index in [-0.39, 0.29) is 5.91 Å². The molecular formula is C21H21ClN2O2S. The number of aromatic nitrogens is 1. The van der Waals surface area contributed by atoms with E-state index in [4.69, 9.17) is 16.3 Å².